The second-order valence-electron chi connectivity index (χ2n) is 7.53. The van der Waals surface area contributed by atoms with E-state index < -0.39 is 0 Å². The lowest BCUT2D eigenvalue weighted by molar-refractivity contribution is 0.0942. The number of benzene rings is 2. The van der Waals surface area contributed by atoms with E-state index in [0.29, 0.717) is 25.2 Å². The van der Waals surface area contributed by atoms with Gasteiger partial charge in [-0.25, -0.2) is 0 Å². The molecule has 2 heterocycles. The smallest absolute Gasteiger partial charge is 0.254 e. The van der Waals surface area contributed by atoms with Gasteiger partial charge in [-0.3, -0.25) is 14.4 Å². The van der Waals surface area contributed by atoms with Gasteiger partial charge in [0.1, 0.15) is 17.6 Å². The molecule has 0 saturated carbocycles. The first-order valence-corrected chi connectivity index (χ1v) is 10.6. The number of methoxy groups -OCH3 is 1. The average Bonchev–Trinajstić information content (AvgIpc) is 3.21. The summed E-state index contributed by atoms with van der Waals surface area (Å²) in [6.07, 6.45) is 3.20. The van der Waals surface area contributed by atoms with Crippen molar-refractivity contribution in [2.75, 3.05) is 26.7 Å². The number of fused-ring (bicyclic) bond motifs is 1. The topological polar surface area (TPSA) is 68.6 Å². The van der Waals surface area contributed by atoms with E-state index in [2.05, 4.69) is 21.4 Å². The van der Waals surface area contributed by atoms with E-state index in [1.807, 2.05) is 49.4 Å². The maximum absolute atomic E-state index is 12.4. The lowest BCUT2D eigenvalue weighted by Gasteiger charge is -2.25. The van der Waals surface area contributed by atoms with Gasteiger partial charge in [-0.2, -0.15) is 5.10 Å². The third-order valence-corrected chi connectivity index (χ3v) is 5.48. The van der Waals surface area contributed by atoms with Gasteiger partial charge in [-0.15, -0.1) is 0 Å². The predicted molar refractivity (Wildman–Crippen MR) is 118 cm³/mol. The van der Waals surface area contributed by atoms with Crippen LogP contribution in [0.2, 0.25) is 0 Å². The number of nitrogens with zero attached hydrogens (tertiary/aromatic N) is 3. The molecule has 0 saturated heterocycles. The lowest BCUT2D eigenvalue weighted by atomic mass is 10.1. The molecule has 0 spiro atoms. The Morgan fingerprint density at radius 2 is 2.03 bits per heavy atom. The van der Waals surface area contributed by atoms with E-state index in [1.165, 1.54) is 0 Å². The normalized spacial score (nSPS) is 16.1. The third-order valence-electron chi connectivity index (χ3n) is 5.48. The molecule has 3 aromatic rings. The predicted octanol–water partition coefficient (Wildman–Crippen LogP) is 3.28. The van der Waals surface area contributed by atoms with Crippen LogP contribution < -0.4 is 14.8 Å². The molecular weight excluding hydrogens is 392 g/mol. The first kappa shape index (κ1) is 20.9. The zero-order valence-corrected chi connectivity index (χ0v) is 18.0. The second-order valence-corrected chi connectivity index (χ2v) is 7.53. The fraction of sp³-hybridized carbons (Fsp3) is 0.333. The summed E-state index contributed by atoms with van der Waals surface area (Å²) in [5.41, 5.74) is 2.73. The Labute approximate surface area is 182 Å². The number of aryl methyl sites for hydroxylation is 1. The Morgan fingerprint density at radius 3 is 2.84 bits per heavy atom. The van der Waals surface area contributed by atoms with E-state index in [4.69, 9.17) is 9.47 Å². The van der Waals surface area contributed by atoms with E-state index in [-0.39, 0.29) is 12.0 Å². The molecule has 1 aliphatic heterocycles. The maximum Gasteiger partial charge on any atom is 0.254 e. The Morgan fingerprint density at radius 1 is 1.23 bits per heavy atom. The molecule has 1 aliphatic rings. The fourth-order valence-electron chi connectivity index (χ4n) is 3.83. The largest absolute Gasteiger partial charge is 0.496 e. The van der Waals surface area contributed by atoms with E-state index in [9.17, 15) is 4.79 Å². The van der Waals surface area contributed by atoms with Crippen LogP contribution >= 0.6 is 0 Å². The molecule has 1 atom stereocenters. The van der Waals surface area contributed by atoms with Gasteiger partial charge in [0.15, 0.2) is 0 Å². The number of carbonyl (C=O) groups is 1. The molecule has 0 radical (unpaired) electrons. The zero-order chi connectivity index (χ0) is 21.6. The number of rotatable bonds is 7. The SMILES string of the molecule is CCn1cc(C(=O)NCCN2Cc3ccccc3O[C@@H](c3ccccc3OC)C2)cn1. The highest BCUT2D eigenvalue weighted by molar-refractivity contribution is 5.93. The molecule has 31 heavy (non-hydrogen) atoms. The van der Waals surface area contributed by atoms with E-state index in [1.54, 1.807) is 24.2 Å². The standard InChI is InChI=1S/C24H28N4O3/c1-3-28-16-19(14-26-28)24(29)25-12-13-27-15-18-8-4-6-10-21(18)31-23(17-27)20-9-5-7-11-22(20)30-2/h4-11,14,16,23H,3,12-13,15,17H2,1-2H3,(H,25,29)/t23-/m1/s1. The van der Waals surface area contributed by atoms with Crippen LogP contribution in [0, 0.1) is 0 Å². The highest BCUT2D eigenvalue weighted by atomic mass is 16.5. The second kappa shape index (κ2) is 9.66. The number of aromatic nitrogens is 2. The Kier molecular flexibility index (Phi) is 6.52. The van der Waals surface area contributed by atoms with Crippen molar-refractivity contribution in [2.45, 2.75) is 26.1 Å². The summed E-state index contributed by atoms with van der Waals surface area (Å²) in [7, 11) is 1.68. The number of ether oxygens (including phenoxy) is 2. The van der Waals surface area contributed by atoms with Crippen LogP contribution in [0.1, 0.15) is 34.5 Å². The van der Waals surface area contributed by atoms with Crippen molar-refractivity contribution < 1.29 is 14.3 Å². The summed E-state index contributed by atoms with van der Waals surface area (Å²) in [6, 6.07) is 16.1. The van der Waals surface area contributed by atoms with Gasteiger partial charge in [0.2, 0.25) is 0 Å². The first-order chi connectivity index (χ1) is 15.2. The molecule has 162 valence electrons. The quantitative estimate of drug-likeness (QED) is 0.635. The van der Waals surface area contributed by atoms with Crippen LogP contribution in [0.15, 0.2) is 60.9 Å². The molecule has 7 nitrogen and oxygen atoms in total. The Bertz CT molecular complexity index is 1030. The zero-order valence-electron chi connectivity index (χ0n) is 18.0. The summed E-state index contributed by atoms with van der Waals surface area (Å²) in [4.78, 5) is 14.7. The summed E-state index contributed by atoms with van der Waals surface area (Å²) in [5, 5.41) is 7.17. The summed E-state index contributed by atoms with van der Waals surface area (Å²) >= 11 is 0. The van der Waals surface area contributed by atoms with Gasteiger partial charge < -0.3 is 14.8 Å². The third kappa shape index (κ3) is 4.88. The number of para-hydroxylation sites is 2. The van der Waals surface area contributed by atoms with Crippen molar-refractivity contribution in [1.29, 1.82) is 0 Å². The van der Waals surface area contributed by atoms with Gasteiger partial charge in [0.05, 0.1) is 18.9 Å². The van der Waals surface area contributed by atoms with Gasteiger partial charge in [-0.1, -0.05) is 36.4 Å². The van der Waals surface area contributed by atoms with Gasteiger partial charge in [-0.05, 0) is 19.1 Å². The van der Waals surface area contributed by atoms with Crippen molar-refractivity contribution >= 4 is 5.91 Å². The molecule has 0 bridgehead atoms. The van der Waals surface area contributed by atoms with Crippen LogP contribution in [0.25, 0.3) is 0 Å². The minimum Gasteiger partial charge on any atom is -0.496 e. The van der Waals surface area contributed by atoms with Crippen molar-refractivity contribution in [1.82, 2.24) is 20.0 Å². The molecule has 2 aromatic carbocycles. The molecule has 0 unspecified atom stereocenters. The van der Waals surface area contributed by atoms with Crippen molar-refractivity contribution in [3.05, 3.63) is 77.6 Å². The average molecular weight is 421 g/mol. The van der Waals surface area contributed by atoms with Crippen LogP contribution in [-0.4, -0.2) is 47.3 Å². The molecule has 0 fully saturated rings. The maximum atomic E-state index is 12.4. The van der Waals surface area contributed by atoms with Crippen molar-refractivity contribution in [3.8, 4) is 11.5 Å². The van der Waals surface area contributed by atoms with Gasteiger partial charge in [0.25, 0.3) is 5.91 Å². The molecule has 4 rings (SSSR count). The number of hydrogen-bond donors (Lipinski definition) is 1. The summed E-state index contributed by atoms with van der Waals surface area (Å²) in [5.74, 6) is 1.59. The number of hydrogen-bond acceptors (Lipinski definition) is 5. The molecule has 0 aliphatic carbocycles. The molecule has 1 N–H and O–H groups in total. The number of nitrogens with one attached hydrogen (secondary N) is 1. The van der Waals surface area contributed by atoms with Crippen molar-refractivity contribution in [3.63, 3.8) is 0 Å². The fourth-order valence-corrected chi connectivity index (χ4v) is 3.83. The van der Waals surface area contributed by atoms with Gasteiger partial charge >= 0.3 is 0 Å². The summed E-state index contributed by atoms with van der Waals surface area (Å²) in [6.45, 7) is 5.43. The minimum atomic E-state index is -0.168. The molecule has 1 aromatic heterocycles. The lowest BCUT2D eigenvalue weighted by Crippen LogP contribution is -2.36. The first-order valence-electron chi connectivity index (χ1n) is 10.6. The van der Waals surface area contributed by atoms with Crippen LogP contribution in [0.4, 0.5) is 0 Å². The molecule has 1 amide bonds. The van der Waals surface area contributed by atoms with E-state index >= 15 is 0 Å². The molecular formula is C24H28N4O3. The highest BCUT2D eigenvalue weighted by Gasteiger charge is 2.26. The molecule has 7 heteroatoms. The highest BCUT2D eigenvalue weighted by Crippen LogP contribution is 2.34. The number of carbonyl (C=O) groups excluding carboxylic acids is 1. The van der Waals surface area contributed by atoms with Crippen LogP contribution in [0.3, 0.4) is 0 Å². The minimum absolute atomic E-state index is 0.104. The van der Waals surface area contributed by atoms with Crippen LogP contribution in [0.5, 0.6) is 11.5 Å². The number of amides is 1. The van der Waals surface area contributed by atoms with E-state index in [0.717, 1.165) is 35.7 Å². The van der Waals surface area contributed by atoms with Gasteiger partial charge in [0, 0.05) is 50.0 Å². The van der Waals surface area contributed by atoms with Crippen LogP contribution in [-0.2, 0) is 13.1 Å². The Balaban J connectivity index is 1.47. The monoisotopic (exact) mass is 420 g/mol. The summed E-state index contributed by atoms with van der Waals surface area (Å²) < 4.78 is 13.7. The van der Waals surface area contributed by atoms with Crippen molar-refractivity contribution in [2.24, 2.45) is 0 Å². The Hall–Kier alpha value is -3.32.